The van der Waals surface area contributed by atoms with Crippen LogP contribution >= 0.6 is 0 Å². The van der Waals surface area contributed by atoms with E-state index in [1.807, 2.05) is 0 Å². The summed E-state index contributed by atoms with van der Waals surface area (Å²) in [5.74, 6) is -1.05. The van der Waals surface area contributed by atoms with Crippen molar-refractivity contribution in [1.29, 1.82) is 0 Å². The zero-order chi connectivity index (χ0) is 13.6. The number of hydrazine groups is 1. The number of hydrogen-bond acceptors (Lipinski definition) is 6. The van der Waals surface area contributed by atoms with Gasteiger partial charge in [0, 0.05) is 13.8 Å². The number of hydrogen-bond donors (Lipinski definition) is 5. The Kier molecular flexibility index (Phi) is 6.66. The molecule has 8 nitrogen and oxygen atoms in total. The minimum Gasteiger partial charge on any atom is -0.394 e. The molecule has 0 saturated heterocycles. The maximum Gasteiger partial charge on any atom is 0.237 e. The highest BCUT2D eigenvalue weighted by molar-refractivity contribution is 5.79. The predicted octanol–water partition coefficient (Wildman–Crippen LogP) is -3.04. The Hall–Kier alpha value is -1.22. The lowest BCUT2D eigenvalue weighted by Crippen LogP contribution is -2.52. The van der Waals surface area contributed by atoms with E-state index in [1.54, 1.807) is 0 Å². The van der Waals surface area contributed by atoms with Gasteiger partial charge in [0.2, 0.25) is 11.8 Å². The van der Waals surface area contributed by atoms with Gasteiger partial charge < -0.3 is 20.4 Å². The van der Waals surface area contributed by atoms with Crippen molar-refractivity contribution >= 4 is 11.8 Å². The van der Waals surface area contributed by atoms with Crippen LogP contribution in [0.4, 0.5) is 0 Å². The number of amides is 2. The molecule has 2 amide bonds. The summed E-state index contributed by atoms with van der Waals surface area (Å²) < 4.78 is 0. The van der Waals surface area contributed by atoms with Gasteiger partial charge in [0.15, 0.2) is 0 Å². The highest BCUT2D eigenvalue weighted by Crippen LogP contribution is 2.02. The minimum absolute atomic E-state index is 0.396. The van der Waals surface area contributed by atoms with Crippen molar-refractivity contribution in [3.8, 4) is 0 Å². The Bertz CT molecular complexity index is 272. The Labute approximate surface area is 98.4 Å². The van der Waals surface area contributed by atoms with Gasteiger partial charge >= 0.3 is 0 Å². The van der Waals surface area contributed by atoms with Crippen molar-refractivity contribution < 1.29 is 30.0 Å². The molecule has 0 fully saturated rings. The van der Waals surface area contributed by atoms with Crippen molar-refractivity contribution in [2.75, 3.05) is 13.2 Å². The SMILES string of the molecule is CC(=O)NN(C[C@@H](O)[C@H](O)[C@H](O)CO)C(C)=O. The summed E-state index contributed by atoms with van der Waals surface area (Å²) in [5, 5.41) is 37.3. The molecule has 0 aliphatic rings. The van der Waals surface area contributed by atoms with E-state index in [0.717, 1.165) is 11.9 Å². The minimum atomic E-state index is -1.62. The van der Waals surface area contributed by atoms with Gasteiger partial charge in [-0.05, 0) is 0 Å². The maximum atomic E-state index is 11.1. The van der Waals surface area contributed by atoms with Gasteiger partial charge in [0.1, 0.15) is 18.3 Å². The van der Waals surface area contributed by atoms with Gasteiger partial charge in [0.05, 0.1) is 13.2 Å². The van der Waals surface area contributed by atoms with E-state index in [0.29, 0.717) is 0 Å². The van der Waals surface area contributed by atoms with Crippen molar-refractivity contribution in [2.45, 2.75) is 32.2 Å². The summed E-state index contributed by atoms with van der Waals surface area (Å²) in [4.78, 5) is 21.8. The quantitative estimate of drug-likeness (QED) is 0.330. The number of aliphatic hydroxyl groups is 4. The summed E-state index contributed by atoms with van der Waals surface area (Å²) in [6.07, 6.45) is -4.63. The van der Waals surface area contributed by atoms with Gasteiger partial charge in [-0.2, -0.15) is 0 Å². The molecular formula is C9H18N2O6. The first-order chi connectivity index (χ1) is 7.79. The van der Waals surface area contributed by atoms with Crippen LogP contribution < -0.4 is 5.43 Å². The molecule has 100 valence electrons. The topological polar surface area (TPSA) is 130 Å². The van der Waals surface area contributed by atoms with Crippen LogP contribution in [-0.4, -0.2) is 68.7 Å². The molecule has 17 heavy (non-hydrogen) atoms. The molecule has 0 radical (unpaired) electrons. The number of nitrogens with zero attached hydrogens (tertiary/aromatic N) is 1. The molecule has 0 spiro atoms. The molecule has 5 N–H and O–H groups in total. The molecule has 3 atom stereocenters. The van der Waals surface area contributed by atoms with Crippen LogP contribution in [-0.2, 0) is 9.59 Å². The number of carbonyl (C=O) groups is 2. The van der Waals surface area contributed by atoms with Crippen molar-refractivity contribution in [3.63, 3.8) is 0 Å². The van der Waals surface area contributed by atoms with Crippen LogP contribution in [0.25, 0.3) is 0 Å². The van der Waals surface area contributed by atoms with Gasteiger partial charge in [-0.15, -0.1) is 0 Å². The van der Waals surface area contributed by atoms with E-state index in [9.17, 15) is 19.8 Å². The van der Waals surface area contributed by atoms with Crippen LogP contribution in [0.5, 0.6) is 0 Å². The van der Waals surface area contributed by atoms with E-state index in [2.05, 4.69) is 5.43 Å². The largest absolute Gasteiger partial charge is 0.394 e. The average Bonchev–Trinajstić information content (AvgIpc) is 2.25. The maximum absolute atomic E-state index is 11.1. The van der Waals surface area contributed by atoms with E-state index in [-0.39, 0.29) is 0 Å². The van der Waals surface area contributed by atoms with Gasteiger partial charge in [-0.1, -0.05) is 0 Å². The number of rotatable bonds is 5. The molecule has 0 unspecified atom stereocenters. The fraction of sp³-hybridized carbons (Fsp3) is 0.778. The van der Waals surface area contributed by atoms with Crippen molar-refractivity contribution in [2.24, 2.45) is 0 Å². The predicted molar refractivity (Wildman–Crippen MR) is 56.3 cm³/mol. The van der Waals surface area contributed by atoms with Gasteiger partial charge in [-0.25, -0.2) is 0 Å². The molecule has 8 heteroatoms. The third-order valence-electron chi connectivity index (χ3n) is 2.02. The Balaban J connectivity index is 4.44. The third kappa shape index (κ3) is 5.59. The van der Waals surface area contributed by atoms with Gasteiger partial charge in [-0.3, -0.25) is 20.0 Å². The summed E-state index contributed by atoms with van der Waals surface area (Å²) in [6, 6.07) is 0. The molecule has 0 aromatic carbocycles. The summed E-state index contributed by atoms with van der Waals surface area (Å²) in [5.41, 5.74) is 2.15. The second kappa shape index (κ2) is 7.17. The third-order valence-corrected chi connectivity index (χ3v) is 2.02. The molecule has 0 heterocycles. The first kappa shape index (κ1) is 15.8. The zero-order valence-electron chi connectivity index (χ0n) is 9.70. The highest BCUT2D eigenvalue weighted by atomic mass is 16.4. The molecule has 0 saturated carbocycles. The van der Waals surface area contributed by atoms with Crippen LogP contribution in [0.15, 0.2) is 0 Å². The van der Waals surface area contributed by atoms with Crippen LogP contribution in [0.2, 0.25) is 0 Å². The number of carbonyl (C=O) groups excluding carboxylic acids is 2. The summed E-state index contributed by atoms with van der Waals surface area (Å²) in [6.45, 7) is 1.23. The molecule has 0 rings (SSSR count). The van der Waals surface area contributed by atoms with Crippen LogP contribution in [0.1, 0.15) is 13.8 Å². The summed E-state index contributed by atoms with van der Waals surface area (Å²) in [7, 11) is 0. The van der Waals surface area contributed by atoms with Crippen LogP contribution in [0, 0.1) is 0 Å². The molecular weight excluding hydrogens is 232 g/mol. The molecule has 0 aliphatic heterocycles. The monoisotopic (exact) mass is 250 g/mol. The molecule has 0 aromatic heterocycles. The fourth-order valence-electron chi connectivity index (χ4n) is 1.10. The fourth-order valence-corrected chi connectivity index (χ4v) is 1.10. The molecule has 0 aliphatic carbocycles. The Morgan fingerprint density at radius 1 is 1.18 bits per heavy atom. The first-order valence-corrected chi connectivity index (χ1v) is 5.00. The van der Waals surface area contributed by atoms with Crippen molar-refractivity contribution in [3.05, 3.63) is 0 Å². The van der Waals surface area contributed by atoms with E-state index in [4.69, 9.17) is 10.2 Å². The lowest BCUT2D eigenvalue weighted by atomic mass is 10.1. The smallest absolute Gasteiger partial charge is 0.237 e. The Morgan fingerprint density at radius 2 is 1.71 bits per heavy atom. The standard InChI is InChI=1S/C9H18N2O6/c1-5(13)10-11(6(2)14)3-7(15)9(17)8(16)4-12/h7-9,12,15-17H,3-4H2,1-2H3,(H,10,13)/t7-,8-,9+/m1/s1. The lowest BCUT2D eigenvalue weighted by molar-refractivity contribution is -0.144. The average molecular weight is 250 g/mol. The number of aliphatic hydroxyl groups excluding tert-OH is 4. The molecule has 0 bridgehead atoms. The number of nitrogens with one attached hydrogen (secondary N) is 1. The van der Waals surface area contributed by atoms with E-state index >= 15 is 0 Å². The Morgan fingerprint density at radius 3 is 2.06 bits per heavy atom. The first-order valence-electron chi connectivity index (χ1n) is 5.00. The van der Waals surface area contributed by atoms with E-state index < -0.39 is 43.3 Å². The normalized spacial score (nSPS) is 15.9. The second-order valence-electron chi connectivity index (χ2n) is 3.61. The second-order valence-corrected chi connectivity index (χ2v) is 3.61. The molecule has 0 aromatic rings. The lowest BCUT2D eigenvalue weighted by Gasteiger charge is -2.27. The van der Waals surface area contributed by atoms with Crippen molar-refractivity contribution in [1.82, 2.24) is 10.4 Å². The van der Waals surface area contributed by atoms with Gasteiger partial charge in [0.25, 0.3) is 0 Å². The van der Waals surface area contributed by atoms with Crippen LogP contribution in [0.3, 0.4) is 0 Å². The zero-order valence-corrected chi connectivity index (χ0v) is 9.70. The highest BCUT2D eigenvalue weighted by Gasteiger charge is 2.27. The summed E-state index contributed by atoms with van der Waals surface area (Å²) >= 11 is 0. The van der Waals surface area contributed by atoms with E-state index in [1.165, 1.54) is 6.92 Å².